The van der Waals surface area contributed by atoms with E-state index in [0.717, 1.165) is 26.2 Å². The van der Waals surface area contributed by atoms with Crippen LogP contribution in [0.25, 0.3) is 0 Å². The van der Waals surface area contributed by atoms with Crippen molar-refractivity contribution in [3.63, 3.8) is 0 Å². The van der Waals surface area contributed by atoms with Gasteiger partial charge < -0.3 is 16.4 Å². The summed E-state index contributed by atoms with van der Waals surface area (Å²) >= 11 is 0. The van der Waals surface area contributed by atoms with Crippen molar-refractivity contribution < 1.29 is 4.79 Å². The van der Waals surface area contributed by atoms with Gasteiger partial charge in [0.15, 0.2) is 0 Å². The van der Waals surface area contributed by atoms with Crippen molar-refractivity contribution in [1.82, 2.24) is 10.6 Å². The van der Waals surface area contributed by atoms with Gasteiger partial charge in [-0.2, -0.15) is 0 Å². The van der Waals surface area contributed by atoms with Crippen molar-refractivity contribution >= 4 is 5.91 Å². The molecule has 1 heterocycles. The topological polar surface area (TPSA) is 67.2 Å². The van der Waals surface area contributed by atoms with E-state index in [2.05, 4.69) is 16.4 Å². The second-order valence-corrected chi connectivity index (χ2v) is 2.11. The number of hydrogen-bond donors (Lipinski definition) is 3. The van der Waals surface area contributed by atoms with Gasteiger partial charge in [0.05, 0.1) is 0 Å². The van der Waals surface area contributed by atoms with Gasteiger partial charge in [0.25, 0.3) is 0 Å². The van der Waals surface area contributed by atoms with E-state index in [-0.39, 0.29) is 5.91 Å². The molecule has 4 nitrogen and oxygen atoms in total. The summed E-state index contributed by atoms with van der Waals surface area (Å²) in [6.45, 7) is 5.86. The zero-order valence-corrected chi connectivity index (χ0v) is 6.31. The number of rotatable bonds is 0. The average molecular weight is 145 g/mol. The van der Waals surface area contributed by atoms with Gasteiger partial charge in [-0.15, -0.1) is 0 Å². The summed E-state index contributed by atoms with van der Waals surface area (Å²) in [5.74, 6) is -0.333. The van der Waals surface area contributed by atoms with Crippen molar-refractivity contribution in [1.29, 1.82) is 0 Å². The summed E-state index contributed by atoms with van der Waals surface area (Å²) in [5.41, 5.74) is 4.47. The number of carbonyl (C=O) groups excluding carboxylic acids is 1. The molecule has 1 amide bonds. The number of nitrogens with one attached hydrogen (secondary N) is 2. The van der Waals surface area contributed by atoms with E-state index in [1.807, 2.05) is 0 Å². The standard InChI is InChI=1S/C4H10N2.C2H5NO/c1-2-6-4-3-5-1;1-2(3)4/h5-6H,1-4H2;1H3,(H2,3,4). The largest absolute Gasteiger partial charge is 0.370 e. The van der Waals surface area contributed by atoms with Crippen molar-refractivity contribution in [3.8, 4) is 0 Å². The van der Waals surface area contributed by atoms with Crippen molar-refractivity contribution in [2.75, 3.05) is 26.2 Å². The van der Waals surface area contributed by atoms with Crippen LogP contribution >= 0.6 is 0 Å². The lowest BCUT2D eigenvalue weighted by Gasteiger charge is -2.11. The highest BCUT2D eigenvalue weighted by molar-refractivity contribution is 5.70. The highest BCUT2D eigenvalue weighted by atomic mass is 16.1. The van der Waals surface area contributed by atoms with Crippen molar-refractivity contribution in [2.45, 2.75) is 6.92 Å². The van der Waals surface area contributed by atoms with Gasteiger partial charge in [-0.25, -0.2) is 0 Å². The van der Waals surface area contributed by atoms with Crippen LogP contribution in [0.3, 0.4) is 0 Å². The maximum absolute atomic E-state index is 9.22. The first-order valence-corrected chi connectivity index (χ1v) is 3.41. The second-order valence-electron chi connectivity index (χ2n) is 2.11. The lowest BCUT2D eigenvalue weighted by molar-refractivity contribution is -0.115. The molecule has 1 rings (SSSR count). The fourth-order valence-electron chi connectivity index (χ4n) is 0.604. The Morgan fingerprint density at radius 1 is 1.20 bits per heavy atom. The molecule has 0 radical (unpaired) electrons. The minimum absolute atomic E-state index is 0.333. The molecule has 0 aromatic heterocycles. The Labute approximate surface area is 61.2 Å². The van der Waals surface area contributed by atoms with E-state index in [0.29, 0.717) is 0 Å². The maximum Gasteiger partial charge on any atom is 0.214 e. The number of primary amides is 1. The van der Waals surface area contributed by atoms with Gasteiger partial charge in [0.1, 0.15) is 0 Å². The molecule has 0 aromatic carbocycles. The molecular weight excluding hydrogens is 130 g/mol. The van der Waals surface area contributed by atoms with Gasteiger partial charge in [0, 0.05) is 33.1 Å². The molecule has 1 aliphatic heterocycles. The van der Waals surface area contributed by atoms with E-state index in [1.54, 1.807) is 0 Å². The number of hydrogen-bond acceptors (Lipinski definition) is 3. The van der Waals surface area contributed by atoms with Gasteiger partial charge in [-0.1, -0.05) is 0 Å². The van der Waals surface area contributed by atoms with Crippen LogP contribution < -0.4 is 16.4 Å². The first-order valence-electron chi connectivity index (χ1n) is 3.41. The number of piperazine rings is 1. The summed E-state index contributed by atoms with van der Waals surface area (Å²) < 4.78 is 0. The van der Waals surface area contributed by atoms with Crippen LogP contribution in [-0.2, 0) is 4.79 Å². The smallest absolute Gasteiger partial charge is 0.214 e. The van der Waals surface area contributed by atoms with E-state index >= 15 is 0 Å². The molecule has 4 heteroatoms. The Kier molecular flexibility index (Phi) is 6.11. The minimum Gasteiger partial charge on any atom is -0.370 e. The quantitative estimate of drug-likeness (QED) is 0.395. The van der Waals surface area contributed by atoms with Gasteiger partial charge >= 0.3 is 0 Å². The van der Waals surface area contributed by atoms with Gasteiger partial charge in [-0.3, -0.25) is 4.79 Å². The fourth-order valence-corrected chi connectivity index (χ4v) is 0.604. The summed E-state index contributed by atoms with van der Waals surface area (Å²) in [6.07, 6.45) is 0. The molecule has 0 bridgehead atoms. The van der Waals surface area contributed by atoms with Crippen LogP contribution in [0, 0.1) is 0 Å². The van der Waals surface area contributed by atoms with Crippen LogP contribution in [-0.4, -0.2) is 32.1 Å². The Hall–Kier alpha value is -0.610. The summed E-state index contributed by atoms with van der Waals surface area (Å²) in [7, 11) is 0. The predicted molar refractivity (Wildman–Crippen MR) is 40.6 cm³/mol. The first kappa shape index (κ1) is 9.39. The lowest BCUT2D eigenvalue weighted by Crippen LogP contribution is -2.39. The molecule has 60 valence electrons. The third kappa shape index (κ3) is 10.4. The molecule has 10 heavy (non-hydrogen) atoms. The minimum atomic E-state index is -0.333. The molecule has 4 N–H and O–H groups in total. The normalized spacial score (nSPS) is 16.9. The molecule has 0 unspecified atom stereocenters. The van der Waals surface area contributed by atoms with Gasteiger partial charge in [-0.05, 0) is 0 Å². The van der Waals surface area contributed by atoms with E-state index in [9.17, 15) is 4.79 Å². The summed E-state index contributed by atoms with van der Waals surface area (Å²) in [6, 6.07) is 0. The fraction of sp³-hybridized carbons (Fsp3) is 0.833. The molecule has 0 saturated carbocycles. The Balaban J connectivity index is 0.000000180. The Morgan fingerprint density at radius 2 is 1.40 bits per heavy atom. The molecule has 1 fully saturated rings. The number of amides is 1. The predicted octanol–water partition coefficient (Wildman–Crippen LogP) is -1.33. The van der Waals surface area contributed by atoms with E-state index in [4.69, 9.17) is 0 Å². The molecule has 0 spiro atoms. The highest BCUT2D eigenvalue weighted by Crippen LogP contribution is 1.65. The van der Waals surface area contributed by atoms with Crippen molar-refractivity contribution in [2.24, 2.45) is 5.73 Å². The Morgan fingerprint density at radius 3 is 1.50 bits per heavy atom. The van der Waals surface area contributed by atoms with Crippen LogP contribution in [0.2, 0.25) is 0 Å². The van der Waals surface area contributed by atoms with Crippen LogP contribution in [0.4, 0.5) is 0 Å². The zero-order chi connectivity index (χ0) is 7.82. The SMILES string of the molecule is C1CNCCN1.CC(N)=O. The zero-order valence-electron chi connectivity index (χ0n) is 6.31. The van der Waals surface area contributed by atoms with Crippen LogP contribution in [0.1, 0.15) is 6.92 Å². The second kappa shape index (κ2) is 6.51. The molecule has 1 aliphatic rings. The number of nitrogens with two attached hydrogens (primary N) is 1. The third-order valence-electron chi connectivity index (χ3n) is 0.957. The molecule has 0 atom stereocenters. The average Bonchev–Trinajstić information content (AvgIpc) is 1.90. The monoisotopic (exact) mass is 145 g/mol. The van der Waals surface area contributed by atoms with E-state index < -0.39 is 0 Å². The summed E-state index contributed by atoms with van der Waals surface area (Å²) in [5, 5.41) is 6.44. The highest BCUT2D eigenvalue weighted by Gasteiger charge is 1.91. The first-order chi connectivity index (χ1) is 4.73. The Bertz CT molecular complexity index is 75.5. The molecular formula is C6H15N3O. The van der Waals surface area contributed by atoms with Crippen molar-refractivity contribution in [3.05, 3.63) is 0 Å². The molecule has 0 aromatic rings. The van der Waals surface area contributed by atoms with Crippen LogP contribution in [0.5, 0.6) is 0 Å². The van der Waals surface area contributed by atoms with E-state index in [1.165, 1.54) is 6.92 Å². The lowest BCUT2D eigenvalue weighted by atomic mass is 10.4. The summed E-state index contributed by atoms with van der Waals surface area (Å²) in [4.78, 5) is 9.22. The van der Waals surface area contributed by atoms with Gasteiger partial charge in [0.2, 0.25) is 5.91 Å². The molecule has 0 aliphatic carbocycles. The molecule has 1 saturated heterocycles. The number of carbonyl (C=O) groups is 1. The van der Waals surface area contributed by atoms with Crippen LogP contribution in [0.15, 0.2) is 0 Å². The third-order valence-corrected chi connectivity index (χ3v) is 0.957. The maximum atomic E-state index is 9.22.